The number of carbonyl (C=O) groups excluding carboxylic acids is 1. The molecule has 23 heavy (non-hydrogen) atoms. The standard InChI is InChI=1S/C17H11F3INO/c18-17(19,20)14-9-3-1-6-12(14)7-5-11-22-16(23)13-8-2-4-10-15(13)21/h1-4,6,8-10H,11H2,(H,22,23). The maximum atomic E-state index is 12.8. The normalized spacial score (nSPS) is 10.6. The van der Waals surface area contributed by atoms with Gasteiger partial charge in [0.05, 0.1) is 17.7 Å². The Bertz CT molecular complexity index is 775. The van der Waals surface area contributed by atoms with Gasteiger partial charge in [0, 0.05) is 9.13 Å². The van der Waals surface area contributed by atoms with Crippen molar-refractivity contribution >= 4 is 28.5 Å². The van der Waals surface area contributed by atoms with E-state index in [9.17, 15) is 18.0 Å². The average Bonchev–Trinajstić information content (AvgIpc) is 2.51. The molecule has 0 saturated heterocycles. The van der Waals surface area contributed by atoms with Gasteiger partial charge in [0.25, 0.3) is 5.91 Å². The summed E-state index contributed by atoms with van der Waals surface area (Å²) in [6.07, 6.45) is -4.45. The van der Waals surface area contributed by atoms with Crippen LogP contribution in [-0.4, -0.2) is 12.5 Å². The van der Waals surface area contributed by atoms with E-state index in [0.29, 0.717) is 5.56 Å². The molecule has 2 aromatic carbocycles. The molecule has 1 amide bonds. The molecule has 0 saturated carbocycles. The van der Waals surface area contributed by atoms with E-state index in [0.717, 1.165) is 9.64 Å². The minimum Gasteiger partial charge on any atom is -0.341 e. The van der Waals surface area contributed by atoms with Crippen LogP contribution in [0.15, 0.2) is 48.5 Å². The van der Waals surface area contributed by atoms with Crippen LogP contribution in [0.3, 0.4) is 0 Å². The smallest absolute Gasteiger partial charge is 0.341 e. The second-order valence-electron chi connectivity index (χ2n) is 4.51. The summed E-state index contributed by atoms with van der Waals surface area (Å²) in [6, 6.07) is 12.1. The van der Waals surface area contributed by atoms with Crippen molar-refractivity contribution < 1.29 is 18.0 Å². The summed E-state index contributed by atoms with van der Waals surface area (Å²) in [4.78, 5) is 11.9. The van der Waals surface area contributed by atoms with Gasteiger partial charge in [-0.15, -0.1) is 0 Å². The van der Waals surface area contributed by atoms with Crippen LogP contribution in [0.2, 0.25) is 0 Å². The SMILES string of the molecule is O=C(NCC#Cc1ccccc1C(F)(F)F)c1ccccc1I. The molecule has 0 atom stereocenters. The predicted octanol–water partition coefficient (Wildman–Crippen LogP) is 4.09. The van der Waals surface area contributed by atoms with Crippen LogP contribution in [0.4, 0.5) is 13.2 Å². The summed E-state index contributed by atoms with van der Waals surface area (Å²) in [7, 11) is 0. The molecule has 2 nitrogen and oxygen atoms in total. The zero-order valence-electron chi connectivity index (χ0n) is 11.7. The summed E-state index contributed by atoms with van der Waals surface area (Å²) < 4.78 is 39.2. The lowest BCUT2D eigenvalue weighted by Crippen LogP contribution is -2.24. The number of carbonyl (C=O) groups is 1. The molecule has 1 N–H and O–H groups in total. The lowest BCUT2D eigenvalue weighted by molar-refractivity contribution is -0.137. The highest BCUT2D eigenvalue weighted by atomic mass is 127. The quantitative estimate of drug-likeness (QED) is 0.566. The van der Waals surface area contributed by atoms with E-state index in [-0.39, 0.29) is 18.0 Å². The molecule has 6 heteroatoms. The maximum absolute atomic E-state index is 12.8. The molecule has 0 radical (unpaired) electrons. The third-order valence-electron chi connectivity index (χ3n) is 2.91. The molecule has 118 valence electrons. The summed E-state index contributed by atoms with van der Waals surface area (Å²) in [5, 5.41) is 2.57. The van der Waals surface area contributed by atoms with Gasteiger partial charge in [0.15, 0.2) is 0 Å². The number of hydrogen-bond acceptors (Lipinski definition) is 1. The first kappa shape index (κ1) is 17.3. The third-order valence-corrected chi connectivity index (χ3v) is 3.85. The van der Waals surface area contributed by atoms with E-state index in [1.807, 2.05) is 28.7 Å². The molecule has 2 aromatic rings. The van der Waals surface area contributed by atoms with Crippen molar-refractivity contribution in [2.24, 2.45) is 0 Å². The second kappa shape index (κ2) is 7.51. The molecule has 0 aliphatic carbocycles. The highest BCUT2D eigenvalue weighted by Crippen LogP contribution is 2.31. The minimum absolute atomic E-state index is 0.0317. The first-order chi connectivity index (χ1) is 10.9. The number of benzene rings is 2. The van der Waals surface area contributed by atoms with Crippen molar-refractivity contribution in [3.05, 3.63) is 68.8 Å². The van der Waals surface area contributed by atoms with E-state index in [4.69, 9.17) is 0 Å². The Morgan fingerprint density at radius 2 is 1.74 bits per heavy atom. The van der Waals surface area contributed by atoms with Crippen molar-refractivity contribution in [2.45, 2.75) is 6.18 Å². The second-order valence-corrected chi connectivity index (χ2v) is 5.67. The Hall–Kier alpha value is -2.01. The molecular formula is C17H11F3INO. The van der Waals surface area contributed by atoms with Crippen LogP contribution in [0.25, 0.3) is 0 Å². The average molecular weight is 429 g/mol. The molecule has 0 aromatic heterocycles. The molecular weight excluding hydrogens is 418 g/mol. The van der Waals surface area contributed by atoms with Crippen LogP contribution in [0.1, 0.15) is 21.5 Å². The van der Waals surface area contributed by atoms with Crippen molar-refractivity contribution in [1.29, 1.82) is 0 Å². The van der Waals surface area contributed by atoms with Crippen molar-refractivity contribution in [2.75, 3.05) is 6.54 Å². The Balaban J connectivity index is 2.05. The number of amides is 1. The fraction of sp³-hybridized carbons (Fsp3) is 0.118. The summed E-state index contributed by atoms with van der Waals surface area (Å²) in [6.45, 7) is -0.0317. The molecule has 0 aliphatic rings. The number of alkyl halides is 3. The number of rotatable bonds is 2. The van der Waals surface area contributed by atoms with Gasteiger partial charge in [-0.3, -0.25) is 4.79 Å². The van der Waals surface area contributed by atoms with Gasteiger partial charge in [-0.05, 0) is 46.9 Å². The van der Waals surface area contributed by atoms with Crippen molar-refractivity contribution in [3.8, 4) is 11.8 Å². The first-order valence-electron chi connectivity index (χ1n) is 6.57. The van der Waals surface area contributed by atoms with Gasteiger partial charge in [-0.1, -0.05) is 36.1 Å². The molecule has 0 aliphatic heterocycles. The highest BCUT2D eigenvalue weighted by molar-refractivity contribution is 14.1. The van der Waals surface area contributed by atoms with Gasteiger partial charge in [0.1, 0.15) is 0 Å². The predicted molar refractivity (Wildman–Crippen MR) is 89.8 cm³/mol. The van der Waals surface area contributed by atoms with Gasteiger partial charge < -0.3 is 5.32 Å². The van der Waals surface area contributed by atoms with Crippen molar-refractivity contribution in [3.63, 3.8) is 0 Å². The largest absolute Gasteiger partial charge is 0.417 e. The number of hydrogen-bond donors (Lipinski definition) is 1. The van der Waals surface area contributed by atoms with Crippen LogP contribution in [0.5, 0.6) is 0 Å². The molecule has 0 heterocycles. The van der Waals surface area contributed by atoms with Gasteiger partial charge >= 0.3 is 6.18 Å². The van der Waals surface area contributed by atoms with Crippen LogP contribution in [0, 0.1) is 15.4 Å². The van der Waals surface area contributed by atoms with E-state index in [2.05, 4.69) is 17.2 Å². The Labute approximate surface area is 145 Å². The molecule has 0 unspecified atom stereocenters. The maximum Gasteiger partial charge on any atom is 0.417 e. The number of halogens is 4. The third kappa shape index (κ3) is 4.73. The van der Waals surface area contributed by atoms with Crippen molar-refractivity contribution in [1.82, 2.24) is 5.32 Å². The minimum atomic E-state index is -4.45. The van der Waals surface area contributed by atoms with Crippen LogP contribution >= 0.6 is 22.6 Å². The topological polar surface area (TPSA) is 29.1 Å². The lowest BCUT2D eigenvalue weighted by atomic mass is 10.1. The summed E-state index contributed by atoms with van der Waals surface area (Å²) >= 11 is 2.04. The first-order valence-corrected chi connectivity index (χ1v) is 7.65. The molecule has 0 bridgehead atoms. The number of nitrogens with one attached hydrogen (secondary N) is 1. The highest BCUT2D eigenvalue weighted by Gasteiger charge is 2.32. The molecule has 0 spiro atoms. The summed E-state index contributed by atoms with van der Waals surface area (Å²) in [5.41, 5.74) is -0.384. The molecule has 2 rings (SSSR count). The van der Waals surface area contributed by atoms with Gasteiger partial charge in [-0.2, -0.15) is 13.2 Å². The fourth-order valence-corrected chi connectivity index (χ4v) is 2.48. The molecule has 0 fully saturated rings. The van der Waals surface area contributed by atoms with Crippen LogP contribution < -0.4 is 5.32 Å². The Morgan fingerprint density at radius 3 is 2.43 bits per heavy atom. The van der Waals surface area contributed by atoms with Crippen LogP contribution in [-0.2, 0) is 6.18 Å². The van der Waals surface area contributed by atoms with E-state index < -0.39 is 11.7 Å². The lowest BCUT2D eigenvalue weighted by Gasteiger charge is -2.08. The van der Waals surface area contributed by atoms with Gasteiger partial charge in [0.2, 0.25) is 0 Å². The van der Waals surface area contributed by atoms with E-state index >= 15 is 0 Å². The van der Waals surface area contributed by atoms with E-state index in [1.165, 1.54) is 18.2 Å². The zero-order valence-corrected chi connectivity index (χ0v) is 13.9. The Kier molecular flexibility index (Phi) is 5.66. The summed E-state index contributed by atoms with van der Waals surface area (Å²) in [5.74, 6) is 4.69. The van der Waals surface area contributed by atoms with E-state index in [1.54, 1.807) is 18.2 Å². The zero-order chi connectivity index (χ0) is 16.9. The monoisotopic (exact) mass is 429 g/mol. The Morgan fingerprint density at radius 1 is 1.09 bits per heavy atom. The van der Waals surface area contributed by atoms with Gasteiger partial charge in [-0.25, -0.2) is 0 Å². The fourth-order valence-electron chi connectivity index (χ4n) is 1.84.